The SMILES string of the molecule is CP(=O)(NC#SN)NS#CN. The molecule has 0 bridgehead atoms. The molecule has 0 radical (unpaired) electrons. The summed E-state index contributed by atoms with van der Waals surface area (Å²) >= 11 is 1.76. The minimum atomic E-state index is -2.62. The van der Waals surface area contributed by atoms with E-state index in [9.17, 15) is 4.57 Å². The van der Waals surface area contributed by atoms with E-state index in [1.165, 1.54) is 6.66 Å². The van der Waals surface area contributed by atoms with E-state index in [0.29, 0.717) is 0 Å². The molecule has 6 N–H and O–H groups in total. The molecule has 0 aromatic carbocycles. The summed E-state index contributed by atoms with van der Waals surface area (Å²) in [5, 5.41) is 12.1. The fourth-order valence-corrected chi connectivity index (χ4v) is 2.25. The lowest BCUT2D eigenvalue weighted by molar-refractivity contribution is 0.574. The molecule has 8 heteroatoms. The molecule has 0 saturated carbocycles. The molecule has 0 rings (SSSR count). The van der Waals surface area contributed by atoms with Crippen LogP contribution in [-0.2, 0) is 4.57 Å². The topological polar surface area (TPSA) is 93.2 Å². The Morgan fingerprint density at radius 2 is 2.27 bits per heavy atom. The first-order valence-electron chi connectivity index (χ1n) is 2.46. The maximum Gasteiger partial charge on any atom is 0.232 e. The van der Waals surface area contributed by atoms with Crippen LogP contribution in [0.3, 0.4) is 0 Å². The molecule has 0 saturated heterocycles. The van der Waals surface area contributed by atoms with E-state index in [0.717, 1.165) is 22.7 Å². The quantitative estimate of drug-likeness (QED) is 0.294. The van der Waals surface area contributed by atoms with Crippen molar-refractivity contribution in [2.24, 2.45) is 10.9 Å². The predicted octanol–water partition coefficient (Wildman–Crippen LogP) is 0.0357. The van der Waals surface area contributed by atoms with Crippen molar-refractivity contribution in [1.29, 1.82) is 0 Å². The molecule has 0 heterocycles. The summed E-state index contributed by atoms with van der Waals surface area (Å²) in [5.74, 6) is 0. The van der Waals surface area contributed by atoms with Gasteiger partial charge in [0.05, 0.1) is 0 Å². The average molecular weight is 212 g/mol. The normalized spacial score (nSPS) is 14.1. The standard InChI is InChI=1S/C3H9N4OPS2/c1-9(8,6-3-10-5)7-11-2-4/h4-5H2,1H3,(H2,6,7,8). The van der Waals surface area contributed by atoms with Crippen molar-refractivity contribution in [3.8, 4) is 10.6 Å². The monoisotopic (exact) mass is 212 g/mol. The lowest BCUT2D eigenvalue weighted by atomic mass is 11.6. The summed E-state index contributed by atoms with van der Waals surface area (Å²) in [7, 11) is -2.62. The van der Waals surface area contributed by atoms with Crippen LogP contribution in [-0.4, -0.2) is 6.66 Å². The third-order valence-corrected chi connectivity index (χ3v) is 3.38. The van der Waals surface area contributed by atoms with Crippen LogP contribution in [0.4, 0.5) is 0 Å². The number of hydrogen-bond donors (Lipinski definition) is 4. The molecule has 0 aromatic heterocycles. The molecule has 0 aliphatic heterocycles. The lowest BCUT2D eigenvalue weighted by Crippen LogP contribution is -2.10. The maximum atomic E-state index is 11.3. The molecule has 11 heavy (non-hydrogen) atoms. The Labute approximate surface area is 72.8 Å². The van der Waals surface area contributed by atoms with Gasteiger partial charge < -0.3 is 0 Å². The van der Waals surface area contributed by atoms with E-state index in [-0.39, 0.29) is 0 Å². The van der Waals surface area contributed by atoms with E-state index < -0.39 is 7.44 Å². The zero-order valence-corrected chi connectivity index (χ0v) is 8.35. The Bertz CT molecular complexity index is 257. The van der Waals surface area contributed by atoms with Crippen LogP contribution < -0.4 is 20.5 Å². The van der Waals surface area contributed by atoms with E-state index in [1.807, 2.05) is 0 Å². The van der Waals surface area contributed by atoms with Gasteiger partial charge in [0.25, 0.3) is 0 Å². The Kier molecular flexibility index (Phi) is 5.72. The molecule has 0 spiro atoms. The number of nitrogens with one attached hydrogen (secondary N) is 2. The Hall–Kier alpha value is 0.0700. The van der Waals surface area contributed by atoms with E-state index in [2.05, 4.69) is 20.2 Å². The van der Waals surface area contributed by atoms with Gasteiger partial charge in [-0.25, -0.2) is 0 Å². The molecule has 64 valence electrons. The molecule has 0 aliphatic carbocycles. The molecular formula is C3H9N4OPS2. The number of nitrogens with two attached hydrogens (primary N) is 2. The van der Waals surface area contributed by atoms with Gasteiger partial charge in [0.1, 0.15) is 0 Å². The third-order valence-electron chi connectivity index (χ3n) is 0.597. The van der Waals surface area contributed by atoms with Crippen molar-refractivity contribution < 1.29 is 4.57 Å². The van der Waals surface area contributed by atoms with Crippen molar-refractivity contribution in [2.75, 3.05) is 6.66 Å². The van der Waals surface area contributed by atoms with Crippen molar-refractivity contribution in [2.45, 2.75) is 0 Å². The zero-order valence-electron chi connectivity index (χ0n) is 5.83. The van der Waals surface area contributed by atoms with Gasteiger partial charge in [0, 0.05) is 17.3 Å². The van der Waals surface area contributed by atoms with Crippen LogP contribution in [0, 0.1) is 10.6 Å². The molecule has 5 nitrogen and oxygen atoms in total. The largest absolute Gasteiger partial charge is 0.287 e. The predicted molar refractivity (Wildman–Crippen MR) is 51.1 cm³/mol. The minimum Gasteiger partial charge on any atom is -0.287 e. The maximum absolute atomic E-state index is 11.3. The summed E-state index contributed by atoms with van der Waals surface area (Å²) < 4.78 is 13.8. The first-order valence-corrected chi connectivity index (χ1v) is 6.31. The van der Waals surface area contributed by atoms with Gasteiger partial charge in [-0.1, -0.05) is 0 Å². The lowest BCUT2D eigenvalue weighted by Gasteiger charge is -2.05. The Morgan fingerprint density at radius 3 is 2.73 bits per heavy atom. The highest BCUT2D eigenvalue weighted by atomic mass is 32.1. The molecule has 1 unspecified atom stereocenters. The summed E-state index contributed by atoms with van der Waals surface area (Å²) in [6.45, 7) is 1.49. The van der Waals surface area contributed by atoms with Crippen molar-refractivity contribution in [3.05, 3.63) is 0 Å². The van der Waals surface area contributed by atoms with Crippen LogP contribution in [0.5, 0.6) is 0 Å². The highest BCUT2D eigenvalue weighted by molar-refractivity contribution is 7.93. The molecule has 0 aromatic rings. The van der Waals surface area contributed by atoms with Crippen LogP contribution in [0.15, 0.2) is 0 Å². The second-order valence-electron chi connectivity index (χ2n) is 1.57. The molecule has 1 atom stereocenters. The smallest absolute Gasteiger partial charge is 0.232 e. The van der Waals surface area contributed by atoms with Crippen molar-refractivity contribution in [1.82, 2.24) is 9.58 Å². The molecular weight excluding hydrogens is 203 g/mol. The third kappa shape index (κ3) is 6.47. The molecule has 0 amide bonds. The van der Waals surface area contributed by atoms with Gasteiger partial charge >= 0.3 is 0 Å². The minimum absolute atomic E-state index is 0.828. The van der Waals surface area contributed by atoms with Crippen LogP contribution in [0.1, 0.15) is 0 Å². The average Bonchev–Trinajstić information content (AvgIpc) is 1.97. The van der Waals surface area contributed by atoms with E-state index >= 15 is 0 Å². The van der Waals surface area contributed by atoms with Crippen molar-refractivity contribution in [3.63, 3.8) is 0 Å². The van der Waals surface area contributed by atoms with Gasteiger partial charge in [-0.3, -0.25) is 15.4 Å². The van der Waals surface area contributed by atoms with Crippen LogP contribution in [0.25, 0.3) is 0 Å². The number of rotatable bonds is 2. The van der Waals surface area contributed by atoms with Gasteiger partial charge in [0.2, 0.25) is 7.44 Å². The van der Waals surface area contributed by atoms with Crippen LogP contribution in [0.2, 0.25) is 0 Å². The van der Waals surface area contributed by atoms with Gasteiger partial charge in [0.15, 0.2) is 0 Å². The highest BCUT2D eigenvalue weighted by Gasteiger charge is 2.09. The van der Waals surface area contributed by atoms with Gasteiger partial charge in [-0.15, -0.1) is 0 Å². The van der Waals surface area contributed by atoms with Crippen LogP contribution >= 0.6 is 30.2 Å². The van der Waals surface area contributed by atoms with Gasteiger partial charge in [-0.05, 0) is 22.7 Å². The summed E-state index contributed by atoms with van der Waals surface area (Å²) in [6.07, 6.45) is 0. The van der Waals surface area contributed by atoms with E-state index in [1.54, 1.807) is 0 Å². The highest BCUT2D eigenvalue weighted by Crippen LogP contribution is 2.30. The second kappa shape index (κ2) is 5.69. The molecule has 0 aliphatic rings. The summed E-state index contributed by atoms with van der Waals surface area (Å²) in [5.41, 5.74) is 4.92. The van der Waals surface area contributed by atoms with E-state index in [4.69, 9.17) is 10.9 Å². The first kappa shape index (κ1) is 11.1. The zero-order chi connectivity index (χ0) is 8.74. The summed E-state index contributed by atoms with van der Waals surface area (Å²) in [6, 6.07) is 0. The Balaban J connectivity index is 4.04. The van der Waals surface area contributed by atoms with Crippen molar-refractivity contribution >= 4 is 30.2 Å². The summed E-state index contributed by atoms with van der Waals surface area (Å²) in [4.78, 5) is 0. The second-order valence-corrected chi connectivity index (χ2v) is 5.25. The number of hydrogen-bond acceptors (Lipinski definition) is 3. The molecule has 0 fully saturated rings. The Morgan fingerprint density at radius 1 is 1.64 bits per heavy atom. The first-order chi connectivity index (χ1) is 5.12. The fraction of sp³-hybridized carbons (Fsp3) is 0.333. The fourth-order valence-electron chi connectivity index (χ4n) is 0.250. The van der Waals surface area contributed by atoms with Gasteiger partial charge in [-0.2, -0.15) is 9.58 Å².